The number of halogens is 1. The van der Waals surface area contributed by atoms with Crippen molar-refractivity contribution in [3.05, 3.63) is 35.7 Å². The molecule has 0 aromatic heterocycles. The van der Waals surface area contributed by atoms with E-state index in [1.54, 1.807) is 12.1 Å². The average Bonchev–Trinajstić information content (AvgIpc) is 3.01. The Morgan fingerprint density at radius 2 is 2.04 bits per heavy atom. The Kier molecular flexibility index (Phi) is 4.10. The van der Waals surface area contributed by atoms with Gasteiger partial charge in [-0.15, -0.1) is 0 Å². The molecule has 2 aliphatic carbocycles. The van der Waals surface area contributed by atoms with Crippen molar-refractivity contribution in [1.29, 1.82) is 0 Å². The Morgan fingerprint density at radius 3 is 2.80 bits per heavy atom. The third kappa shape index (κ3) is 2.96. The maximum Gasteiger partial charge on any atom is 0.260 e. The minimum absolute atomic E-state index is 0.0102. The molecule has 4 rings (SSSR count). The molecule has 2 bridgehead atoms. The summed E-state index contributed by atoms with van der Waals surface area (Å²) in [5.41, 5.74) is 0.627. The van der Waals surface area contributed by atoms with Crippen LogP contribution in [0.4, 0.5) is 10.1 Å². The Morgan fingerprint density at radius 1 is 1.20 bits per heavy atom. The number of fused-ring (bicyclic) bond motifs is 1. The van der Waals surface area contributed by atoms with Gasteiger partial charge in [0.15, 0.2) is 0 Å². The lowest BCUT2D eigenvalue weighted by molar-refractivity contribution is -0.128. The lowest BCUT2D eigenvalue weighted by Crippen LogP contribution is -2.46. The lowest BCUT2D eigenvalue weighted by atomic mass is 9.85. The minimum atomic E-state index is -0.575. The summed E-state index contributed by atoms with van der Waals surface area (Å²) in [6, 6.07) is 4.35. The second kappa shape index (κ2) is 6.28. The lowest BCUT2D eigenvalue weighted by Gasteiger charge is -2.33. The van der Waals surface area contributed by atoms with Gasteiger partial charge in [0.1, 0.15) is 11.6 Å². The summed E-state index contributed by atoms with van der Waals surface area (Å²) in [6.07, 6.45) is 7.13. The number of benzene rings is 1. The third-order valence-corrected chi connectivity index (χ3v) is 5.49. The first-order valence-electron chi connectivity index (χ1n) is 9.08. The monoisotopic (exact) mass is 343 g/mol. The van der Waals surface area contributed by atoms with Crippen LogP contribution in [0.25, 0.3) is 0 Å². The summed E-state index contributed by atoms with van der Waals surface area (Å²) in [7, 11) is 0. The molecule has 2 amide bonds. The van der Waals surface area contributed by atoms with Crippen LogP contribution in [0.3, 0.4) is 0 Å². The minimum Gasteiger partial charge on any atom is -0.490 e. The number of anilines is 1. The molecule has 1 saturated carbocycles. The molecule has 1 fully saturated rings. The van der Waals surface area contributed by atoms with Crippen LogP contribution in [0.1, 0.15) is 45.4 Å². The maximum atomic E-state index is 14.4. The number of ether oxygens (including phenoxy) is 1. The molecule has 3 aliphatic rings. The first kappa shape index (κ1) is 16.3. The van der Waals surface area contributed by atoms with Crippen molar-refractivity contribution >= 4 is 17.5 Å². The van der Waals surface area contributed by atoms with Gasteiger partial charge in [-0.25, -0.2) is 9.29 Å². The van der Waals surface area contributed by atoms with Gasteiger partial charge in [0.2, 0.25) is 5.91 Å². The van der Waals surface area contributed by atoms with Crippen molar-refractivity contribution < 1.29 is 18.7 Å². The number of imide groups is 1. The number of rotatable bonds is 3. The molecule has 1 aromatic rings. The Balaban J connectivity index is 1.63. The molecule has 0 N–H and O–H groups in total. The standard InChI is InChI=1S/C20H22FNO3/c1-12-5-6-15(9-12)25-16-7-8-17(21)18(11-16)22-19(23)13-3-2-4-14(10-13)20(22)24/h7-8,10-13,15H,2-6,9H2,1H3. The quantitative estimate of drug-likeness (QED) is 0.780. The highest BCUT2D eigenvalue weighted by atomic mass is 19.1. The highest BCUT2D eigenvalue weighted by Crippen LogP contribution is 2.36. The number of hydrogen-bond donors (Lipinski definition) is 0. The molecule has 1 aliphatic heterocycles. The number of carbonyl (C=O) groups is 2. The van der Waals surface area contributed by atoms with Crippen LogP contribution < -0.4 is 9.64 Å². The van der Waals surface area contributed by atoms with Gasteiger partial charge in [0, 0.05) is 11.6 Å². The summed E-state index contributed by atoms with van der Waals surface area (Å²) in [6.45, 7) is 2.19. The fourth-order valence-corrected chi connectivity index (χ4v) is 4.12. The van der Waals surface area contributed by atoms with Gasteiger partial charge in [-0.05, 0) is 56.6 Å². The van der Waals surface area contributed by atoms with Gasteiger partial charge < -0.3 is 4.74 Å². The molecule has 132 valence electrons. The van der Waals surface area contributed by atoms with Crippen molar-refractivity contribution in [2.45, 2.75) is 51.6 Å². The van der Waals surface area contributed by atoms with E-state index in [1.165, 1.54) is 12.1 Å². The molecule has 1 heterocycles. The highest BCUT2D eigenvalue weighted by Gasteiger charge is 2.39. The molecule has 1 aromatic carbocycles. The number of carbonyl (C=O) groups excluding carboxylic acids is 2. The first-order chi connectivity index (χ1) is 12.0. The second-order valence-electron chi connectivity index (χ2n) is 7.44. The van der Waals surface area contributed by atoms with Crippen LogP contribution in [0.2, 0.25) is 0 Å². The van der Waals surface area contributed by atoms with Crippen molar-refractivity contribution in [3.8, 4) is 5.75 Å². The van der Waals surface area contributed by atoms with E-state index < -0.39 is 11.7 Å². The SMILES string of the molecule is CC1CCC(Oc2ccc(F)c(N3C(=O)C4=CC(CCC4)C3=O)c2)C1. The van der Waals surface area contributed by atoms with Gasteiger partial charge in [-0.2, -0.15) is 0 Å². The van der Waals surface area contributed by atoms with Gasteiger partial charge in [0.05, 0.1) is 17.7 Å². The van der Waals surface area contributed by atoms with Crippen LogP contribution in [0.15, 0.2) is 29.8 Å². The predicted molar refractivity (Wildman–Crippen MR) is 91.7 cm³/mol. The van der Waals surface area contributed by atoms with E-state index in [9.17, 15) is 14.0 Å². The molecule has 5 heteroatoms. The van der Waals surface area contributed by atoms with Crippen molar-refractivity contribution in [2.75, 3.05) is 4.90 Å². The van der Waals surface area contributed by atoms with Crippen molar-refractivity contribution in [1.82, 2.24) is 0 Å². The fraction of sp³-hybridized carbons (Fsp3) is 0.500. The van der Waals surface area contributed by atoms with Crippen LogP contribution in [-0.4, -0.2) is 17.9 Å². The molecule has 0 saturated heterocycles. The van der Waals surface area contributed by atoms with Crippen LogP contribution in [0.5, 0.6) is 5.75 Å². The predicted octanol–water partition coefficient (Wildman–Crippen LogP) is 3.99. The zero-order valence-electron chi connectivity index (χ0n) is 14.3. The summed E-state index contributed by atoms with van der Waals surface area (Å²) >= 11 is 0. The topological polar surface area (TPSA) is 46.6 Å². The molecule has 4 nitrogen and oxygen atoms in total. The smallest absolute Gasteiger partial charge is 0.260 e. The number of hydrogen-bond acceptors (Lipinski definition) is 3. The Labute approximate surface area is 146 Å². The summed E-state index contributed by atoms with van der Waals surface area (Å²) in [4.78, 5) is 26.3. The van der Waals surface area contributed by atoms with E-state index in [1.807, 2.05) is 0 Å². The van der Waals surface area contributed by atoms with Crippen molar-refractivity contribution in [3.63, 3.8) is 0 Å². The zero-order chi connectivity index (χ0) is 17.6. The largest absolute Gasteiger partial charge is 0.490 e. The highest BCUT2D eigenvalue weighted by molar-refractivity contribution is 6.24. The second-order valence-corrected chi connectivity index (χ2v) is 7.44. The van der Waals surface area contributed by atoms with E-state index in [-0.39, 0.29) is 23.6 Å². The normalized spacial score (nSPS) is 29.0. The summed E-state index contributed by atoms with van der Waals surface area (Å²) < 4.78 is 20.4. The van der Waals surface area contributed by atoms with Gasteiger partial charge in [-0.1, -0.05) is 13.0 Å². The molecule has 25 heavy (non-hydrogen) atoms. The van der Waals surface area contributed by atoms with E-state index in [0.29, 0.717) is 30.1 Å². The number of amides is 2. The maximum absolute atomic E-state index is 14.4. The van der Waals surface area contributed by atoms with Gasteiger partial charge in [-0.3, -0.25) is 9.59 Å². The first-order valence-corrected chi connectivity index (χ1v) is 9.08. The fourth-order valence-electron chi connectivity index (χ4n) is 4.12. The van der Waals surface area contributed by atoms with Crippen LogP contribution >= 0.6 is 0 Å². The number of nitrogens with zero attached hydrogens (tertiary/aromatic N) is 1. The molecule has 0 radical (unpaired) electrons. The van der Waals surface area contributed by atoms with Gasteiger partial charge in [0.25, 0.3) is 5.91 Å². The average molecular weight is 343 g/mol. The third-order valence-electron chi connectivity index (χ3n) is 5.49. The zero-order valence-corrected chi connectivity index (χ0v) is 14.3. The van der Waals surface area contributed by atoms with Gasteiger partial charge >= 0.3 is 0 Å². The molecule has 3 unspecified atom stereocenters. The molecular weight excluding hydrogens is 321 g/mol. The van der Waals surface area contributed by atoms with Crippen LogP contribution in [0, 0.1) is 17.7 Å². The Hall–Kier alpha value is -2.17. The molecule has 3 atom stereocenters. The van der Waals surface area contributed by atoms with Crippen LogP contribution in [-0.2, 0) is 9.59 Å². The summed E-state index contributed by atoms with van der Waals surface area (Å²) in [5.74, 6) is -0.483. The van der Waals surface area contributed by atoms with E-state index in [4.69, 9.17) is 4.74 Å². The van der Waals surface area contributed by atoms with Crippen molar-refractivity contribution in [2.24, 2.45) is 11.8 Å². The molecule has 0 spiro atoms. The summed E-state index contributed by atoms with van der Waals surface area (Å²) in [5, 5.41) is 0. The van der Waals surface area contributed by atoms with E-state index in [0.717, 1.165) is 30.6 Å². The van der Waals surface area contributed by atoms with E-state index in [2.05, 4.69) is 6.92 Å². The Bertz CT molecular complexity index is 757. The van der Waals surface area contributed by atoms with E-state index >= 15 is 0 Å². The molecular formula is C20H22FNO3.